The number of carbonyl (C=O) groups excluding carboxylic acids is 2. The lowest BCUT2D eigenvalue weighted by Gasteiger charge is -2.40. The molecule has 2 saturated heterocycles. The molecule has 9 heteroatoms. The molecule has 0 saturated carbocycles. The Morgan fingerprint density at radius 2 is 1.93 bits per heavy atom. The summed E-state index contributed by atoms with van der Waals surface area (Å²) in [6, 6.07) is 3.15. The lowest BCUT2D eigenvalue weighted by atomic mass is 10.0. The molecule has 0 atom stereocenters. The van der Waals surface area contributed by atoms with Crippen molar-refractivity contribution in [2.75, 3.05) is 26.2 Å². The van der Waals surface area contributed by atoms with E-state index in [1.807, 2.05) is 4.90 Å². The van der Waals surface area contributed by atoms with Crippen molar-refractivity contribution >= 4 is 11.9 Å². The molecule has 3 amide bonds. The quantitative estimate of drug-likeness (QED) is 0.838. The third-order valence-corrected chi connectivity index (χ3v) is 5.43. The minimum Gasteiger partial charge on any atom is -0.338 e. The molecular formula is C19H24N6O3. The molecule has 0 unspecified atom stereocenters. The Morgan fingerprint density at radius 1 is 1.14 bits per heavy atom. The number of pyridine rings is 1. The summed E-state index contributed by atoms with van der Waals surface area (Å²) in [5.41, 5.74) is 0.883. The molecule has 2 aromatic rings. The van der Waals surface area contributed by atoms with E-state index < -0.39 is 0 Å². The van der Waals surface area contributed by atoms with Crippen molar-refractivity contribution in [3.8, 4) is 5.69 Å². The van der Waals surface area contributed by atoms with Crippen LogP contribution in [0.4, 0.5) is 4.79 Å². The molecule has 0 bridgehead atoms. The summed E-state index contributed by atoms with van der Waals surface area (Å²) < 4.78 is 3.04. The Bertz CT molecular complexity index is 941. The molecule has 28 heavy (non-hydrogen) atoms. The van der Waals surface area contributed by atoms with E-state index in [9.17, 15) is 14.4 Å². The normalized spacial score (nSPS) is 18.2. The van der Waals surface area contributed by atoms with Gasteiger partial charge in [-0.3, -0.25) is 18.8 Å². The van der Waals surface area contributed by atoms with Crippen molar-refractivity contribution in [3.63, 3.8) is 0 Å². The van der Waals surface area contributed by atoms with Gasteiger partial charge in [-0.2, -0.15) is 5.10 Å². The largest absolute Gasteiger partial charge is 0.338 e. The maximum absolute atomic E-state index is 12.9. The average Bonchev–Trinajstić information content (AvgIpc) is 3.14. The molecule has 1 N–H and O–H groups in total. The summed E-state index contributed by atoms with van der Waals surface area (Å²) in [7, 11) is 1.77. The Hall–Kier alpha value is -3.10. The molecular weight excluding hydrogens is 360 g/mol. The van der Waals surface area contributed by atoms with Crippen LogP contribution in [0.2, 0.25) is 0 Å². The highest BCUT2D eigenvalue weighted by atomic mass is 16.2. The van der Waals surface area contributed by atoms with Crippen molar-refractivity contribution in [2.45, 2.75) is 25.3 Å². The number of urea groups is 1. The lowest BCUT2D eigenvalue weighted by Crippen LogP contribution is -2.54. The highest BCUT2D eigenvalue weighted by molar-refractivity contribution is 5.94. The number of hydrogen-bond acceptors (Lipinski definition) is 4. The summed E-state index contributed by atoms with van der Waals surface area (Å²) in [6.45, 7) is 2.71. The molecule has 148 valence electrons. The minimum absolute atomic E-state index is 0.000395. The maximum atomic E-state index is 12.9. The van der Waals surface area contributed by atoms with Crippen LogP contribution in [0.5, 0.6) is 0 Å². The topological polar surface area (TPSA) is 92.5 Å². The summed E-state index contributed by atoms with van der Waals surface area (Å²) >= 11 is 0. The number of hydrogen-bond donors (Lipinski definition) is 1. The van der Waals surface area contributed by atoms with E-state index in [0.717, 1.165) is 32.4 Å². The number of rotatable bonds is 3. The van der Waals surface area contributed by atoms with Crippen molar-refractivity contribution < 1.29 is 9.59 Å². The second-order valence-electron chi connectivity index (χ2n) is 7.30. The van der Waals surface area contributed by atoms with E-state index in [4.69, 9.17) is 0 Å². The van der Waals surface area contributed by atoms with Gasteiger partial charge in [0.2, 0.25) is 0 Å². The first-order chi connectivity index (χ1) is 13.5. The molecule has 2 aromatic heterocycles. The number of nitrogens with one attached hydrogen (secondary N) is 1. The van der Waals surface area contributed by atoms with Crippen molar-refractivity contribution in [2.24, 2.45) is 7.05 Å². The maximum Gasteiger partial charge on any atom is 0.317 e. The fourth-order valence-electron chi connectivity index (χ4n) is 3.91. The highest BCUT2D eigenvalue weighted by Gasteiger charge is 2.31. The first-order valence-electron chi connectivity index (χ1n) is 9.58. The monoisotopic (exact) mass is 384 g/mol. The Balaban J connectivity index is 1.45. The predicted octanol–water partition coefficient (Wildman–Crippen LogP) is 0.591. The molecule has 0 radical (unpaired) electrons. The number of aromatic nitrogens is 3. The fraction of sp³-hybridized carbons (Fsp3) is 0.474. The zero-order chi connectivity index (χ0) is 19.7. The van der Waals surface area contributed by atoms with Crippen LogP contribution in [0.1, 0.15) is 29.6 Å². The van der Waals surface area contributed by atoms with E-state index in [0.29, 0.717) is 24.3 Å². The zero-order valence-electron chi connectivity index (χ0n) is 15.9. The van der Waals surface area contributed by atoms with Gasteiger partial charge in [-0.15, -0.1) is 0 Å². The van der Waals surface area contributed by atoms with Gasteiger partial charge < -0.3 is 15.1 Å². The number of aryl methyl sites for hydroxylation is 1. The summed E-state index contributed by atoms with van der Waals surface area (Å²) in [4.78, 5) is 40.9. The van der Waals surface area contributed by atoms with Crippen LogP contribution in [-0.2, 0) is 7.05 Å². The first kappa shape index (κ1) is 18.3. The van der Waals surface area contributed by atoms with Gasteiger partial charge in [-0.05, 0) is 25.3 Å². The van der Waals surface area contributed by atoms with Gasteiger partial charge >= 0.3 is 6.03 Å². The minimum atomic E-state index is -0.209. The third kappa shape index (κ3) is 3.51. The summed E-state index contributed by atoms with van der Waals surface area (Å²) in [5, 5.41) is 6.97. The second-order valence-corrected chi connectivity index (χ2v) is 7.30. The van der Waals surface area contributed by atoms with Crippen LogP contribution in [0.3, 0.4) is 0 Å². The van der Waals surface area contributed by atoms with Crippen LogP contribution >= 0.6 is 0 Å². The van der Waals surface area contributed by atoms with Gasteiger partial charge in [-0.25, -0.2) is 4.79 Å². The van der Waals surface area contributed by atoms with Crippen LogP contribution in [0.15, 0.2) is 35.5 Å². The van der Waals surface area contributed by atoms with Gasteiger partial charge in [0, 0.05) is 57.7 Å². The predicted molar refractivity (Wildman–Crippen MR) is 102 cm³/mol. The number of carbonyl (C=O) groups is 2. The summed E-state index contributed by atoms with van der Waals surface area (Å²) in [5.74, 6) is -0.0980. The average molecular weight is 384 g/mol. The third-order valence-electron chi connectivity index (χ3n) is 5.43. The van der Waals surface area contributed by atoms with Gasteiger partial charge in [-0.1, -0.05) is 0 Å². The number of nitrogens with zero attached hydrogens (tertiary/aromatic N) is 5. The Morgan fingerprint density at radius 3 is 2.61 bits per heavy atom. The van der Waals surface area contributed by atoms with E-state index >= 15 is 0 Å². The molecule has 2 fully saturated rings. The summed E-state index contributed by atoms with van der Waals surface area (Å²) in [6.07, 6.45) is 7.38. The number of amides is 3. The molecule has 0 aromatic carbocycles. The molecule has 0 spiro atoms. The van der Waals surface area contributed by atoms with Crippen LogP contribution < -0.4 is 10.9 Å². The molecule has 0 aliphatic carbocycles. The highest BCUT2D eigenvalue weighted by Crippen LogP contribution is 2.20. The molecule has 2 aliphatic rings. The van der Waals surface area contributed by atoms with Gasteiger partial charge in [0.05, 0.1) is 17.4 Å². The van der Waals surface area contributed by atoms with Crippen molar-refractivity contribution in [1.82, 2.24) is 29.5 Å². The fourth-order valence-corrected chi connectivity index (χ4v) is 3.91. The van der Waals surface area contributed by atoms with Crippen LogP contribution in [-0.4, -0.2) is 68.3 Å². The van der Waals surface area contributed by atoms with Gasteiger partial charge in [0.25, 0.3) is 11.5 Å². The van der Waals surface area contributed by atoms with Crippen molar-refractivity contribution in [3.05, 3.63) is 46.6 Å². The number of likely N-dealkylation sites (tertiary alicyclic amines) is 1. The van der Waals surface area contributed by atoms with Gasteiger partial charge in [0.15, 0.2) is 0 Å². The second kappa shape index (κ2) is 7.49. The van der Waals surface area contributed by atoms with Gasteiger partial charge in [0.1, 0.15) is 0 Å². The van der Waals surface area contributed by atoms with E-state index in [-0.39, 0.29) is 23.5 Å². The van der Waals surface area contributed by atoms with E-state index in [1.54, 1.807) is 41.3 Å². The Labute approximate surface area is 162 Å². The number of piperidine rings is 1. The Kier molecular flexibility index (Phi) is 4.89. The molecule has 2 aliphatic heterocycles. The molecule has 4 heterocycles. The standard InChI is InChI=1S/C19H24N6O3/c1-22-13-16(11-21-22)25-12-14(3-4-17(25)26)18(27)23-9-5-15(6-10-23)24-8-2-7-20-19(24)28/h3-4,11-13,15H,2,5-10H2,1H3,(H,20,28). The van der Waals surface area contributed by atoms with Crippen LogP contribution in [0.25, 0.3) is 5.69 Å². The molecule has 9 nitrogen and oxygen atoms in total. The van der Waals surface area contributed by atoms with Crippen molar-refractivity contribution in [1.29, 1.82) is 0 Å². The molecule has 4 rings (SSSR count). The zero-order valence-corrected chi connectivity index (χ0v) is 15.9. The SMILES string of the molecule is Cn1cc(-n2cc(C(=O)N3CCC(N4CCCNC4=O)CC3)ccc2=O)cn1. The first-order valence-corrected chi connectivity index (χ1v) is 9.58. The van der Waals surface area contributed by atoms with E-state index in [2.05, 4.69) is 10.4 Å². The van der Waals surface area contributed by atoms with Crippen LogP contribution in [0, 0.1) is 0 Å². The van der Waals surface area contributed by atoms with E-state index in [1.165, 1.54) is 10.6 Å². The smallest absolute Gasteiger partial charge is 0.317 e. The lowest BCUT2D eigenvalue weighted by molar-refractivity contribution is 0.0642.